The molecule has 0 atom stereocenters. The van der Waals surface area contributed by atoms with Gasteiger partial charge in [-0.2, -0.15) is 0 Å². The summed E-state index contributed by atoms with van der Waals surface area (Å²) in [6, 6.07) is 4.87. The molecule has 1 radical (unpaired) electrons. The van der Waals surface area contributed by atoms with E-state index in [9.17, 15) is 14.4 Å². The summed E-state index contributed by atoms with van der Waals surface area (Å²) >= 11 is 0. The van der Waals surface area contributed by atoms with Crippen LogP contribution in [0.25, 0.3) is 6.08 Å². The Hall–Kier alpha value is -1.87. The Labute approximate surface area is 184 Å². The fraction of sp³-hybridized carbons (Fsp3) is 0.263. The van der Waals surface area contributed by atoms with E-state index in [4.69, 9.17) is 9.15 Å². The molecular formula is C19H19LaN2O5-. The van der Waals surface area contributed by atoms with Crippen LogP contribution in [0, 0.1) is 55.7 Å². The predicted octanol–water partition coefficient (Wildman–Crippen LogP) is 1.72. The smallest absolute Gasteiger partial charge is 0.269 e. The summed E-state index contributed by atoms with van der Waals surface area (Å²) < 4.78 is 9.59. The average molecular weight is 494 g/mol. The number of carbonyl (C=O) groups is 2. The van der Waals surface area contributed by atoms with Gasteiger partial charge < -0.3 is 19.3 Å². The average Bonchev–Trinajstić information content (AvgIpc) is 2.64. The zero-order valence-electron chi connectivity index (χ0n) is 15.4. The summed E-state index contributed by atoms with van der Waals surface area (Å²) in [5.41, 5.74) is 0.979. The molecule has 139 valence electrons. The Balaban J connectivity index is 0.00000364. The number of aromatic nitrogens is 1. The summed E-state index contributed by atoms with van der Waals surface area (Å²) in [5, 5.41) is 2.66. The van der Waals surface area contributed by atoms with Gasteiger partial charge >= 0.3 is 0 Å². The molecule has 0 saturated carbocycles. The zero-order chi connectivity index (χ0) is 19.1. The van der Waals surface area contributed by atoms with Crippen LogP contribution < -0.4 is 10.9 Å². The van der Waals surface area contributed by atoms with E-state index < -0.39 is 11.4 Å². The van der Waals surface area contributed by atoms with Crippen molar-refractivity contribution in [3.63, 3.8) is 0 Å². The van der Waals surface area contributed by atoms with Gasteiger partial charge in [0.05, 0.1) is 12.3 Å². The number of pyridine rings is 1. The Morgan fingerprint density at radius 3 is 2.78 bits per heavy atom. The van der Waals surface area contributed by atoms with Gasteiger partial charge in [-0.15, -0.1) is 11.1 Å². The van der Waals surface area contributed by atoms with Crippen LogP contribution in [0.1, 0.15) is 37.7 Å². The maximum absolute atomic E-state index is 12.3. The normalized spacial score (nSPS) is 10.5. The Morgan fingerprint density at radius 1 is 1.33 bits per heavy atom. The van der Waals surface area contributed by atoms with Gasteiger partial charge in [-0.05, 0) is 29.8 Å². The van der Waals surface area contributed by atoms with E-state index in [-0.39, 0.29) is 52.8 Å². The first-order chi connectivity index (χ1) is 12.4. The van der Waals surface area contributed by atoms with Crippen LogP contribution in [0.2, 0.25) is 0 Å². The molecule has 1 amide bonds. The minimum Gasteiger partial charge on any atom is -0.552 e. The Morgan fingerprint density at radius 2 is 2.07 bits per heavy atom. The number of hydrogen-bond acceptors (Lipinski definition) is 6. The number of methoxy groups -OCH3 is 1. The van der Waals surface area contributed by atoms with Crippen LogP contribution in [-0.4, -0.2) is 36.9 Å². The quantitative estimate of drug-likeness (QED) is 0.273. The molecule has 2 heterocycles. The molecule has 0 unspecified atom stereocenters. The third-order valence-corrected chi connectivity index (χ3v) is 3.69. The summed E-state index contributed by atoms with van der Waals surface area (Å²) in [4.78, 5) is 40.3. The van der Waals surface area contributed by atoms with Crippen LogP contribution in [0.15, 0.2) is 33.5 Å². The number of allylic oxidation sites excluding steroid dienone is 1. The van der Waals surface area contributed by atoms with Crippen LogP contribution >= 0.6 is 0 Å². The van der Waals surface area contributed by atoms with Crippen molar-refractivity contribution in [2.24, 2.45) is 0 Å². The van der Waals surface area contributed by atoms with E-state index in [1.54, 1.807) is 39.2 Å². The molecule has 0 aromatic carbocycles. The number of ketones is 1. The van der Waals surface area contributed by atoms with E-state index in [1.807, 2.05) is 0 Å². The van der Waals surface area contributed by atoms with Crippen LogP contribution in [0.4, 0.5) is 0 Å². The van der Waals surface area contributed by atoms with E-state index in [2.05, 4.69) is 16.6 Å². The van der Waals surface area contributed by atoms with Crippen LogP contribution in [0.5, 0.6) is 0 Å². The molecule has 7 nitrogen and oxygen atoms in total. The minimum atomic E-state index is -0.734. The fourth-order valence-electron chi connectivity index (χ4n) is 2.15. The summed E-state index contributed by atoms with van der Waals surface area (Å²) in [5.74, 6) is -0.834. The van der Waals surface area contributed by atoms with Gasteiger partial charge in [0, 0.05) is 55.5 Å². The van der Waals surface area contributed by atoms with Gasteiger partial charge in [-0.1, -0.05) is 19.9 Å². The Bertz CT molecular complexity index is 905. The molecule has 0 aliphatic rings. The minimum absolute atomic E-state index is 0. The molecule has 0 bridgehead atoms. The standard InChI is InChI=1S/C19H19N2O5.La/c1-12-11-26-19(24)17(13(12)2)16(22)8-7-14-5-4-6-15(21-14)18(23)20-9-10-25-3;/h4-8H,9-10H2,1-3H3,(H,20,23);/q-1;/b8-7+;. The van der Waals surface area contributed by atoms with E-state index in [0.717, 1.165) is 0 Å². The molecular weight excluding hydrogens is 475 g/mol. The zero-order valence-corrected chi connectivity index (χ0v) is 19.0. The molecule has 2 aromatic heterocycles. The topological polar surface area (TPSA) is 98.5 Å². The maximum Gasteiger partial charge on any atom is 0.269 e. The van der Waals surface area contributed by atoms with Crippen molar-refractivity contribution in [1.29, 1.82) is 0 Å². The van der Waals surface area contributed by atoms with Gasteiger partial charge in [-0.3, -0.25) is 9.59 Å². The van der Waals surface area contributed by atoms with E-state index in [0.29, 0.717) is 30.0 Å². The fourth-order valence-corrected chi connectivity index (χ4v) is 2.15. The molecule has 0 spiro atoms. The first kappa shape index (κ1) is 23.2. The Kier molecular flexibility index (Phi) is 9.52. The number of ether oxygens (including phenoxy) is 1. The first-order valence-corrected chi connectivity index (χ1v) is 7.92. The second-order valence-electron chi connectivity index (χ2n) is 5.51. The second kappa shape index (κ2) is 11.1. The van der Waals surface area contributed by atoms with Crippen molar-refractivity contribution in [2.75, 3.05) is 20.3 Å². The van der Waals surface area contributed by atoms with Gasteiger partial charge in [-0.25, -0.2) is 4.98 Å². The molecule has 2 rings (SSSR count). The summed E-state index contributed by atoms with van der Waals surface area (Å²) in [7, 11) is 1.54. The monoisotopic (exact) mass is 494 g/mol. The van der Waals surface area contributed by atoms with Crippen molar-refractivity contribution >= 4 is 17.8 Å². The number of nitrogens with one attached hydrogen (secondary N) is 1. The van der Waals surface area contributed by atoms with Crippen molar-refractivity contribution in [2.45, 2.75) is 13.8 Å². The van der Waals surface area contributed by atoms with Crippen molar-refractivity contribution in [1.82, 2.24) is 10.3 Å². The van der Waals surface area contributed by atoms with Crippen LogP contribution in [0.3, 0.4) is 0 Å². The largest absolute Gasteiger partial charge is 0.552 e. The first-order valence-electron chi connectivity index (χ1n) is 7.92. The molecule has 0 aliphatic heterocycles. The van der Waals surface area contributed by atoms with E-state index >= 15 is 0 Å². The number of carbonyl (C=O) groups excluding carboxylic acids is 2. The van der Waals surface area contributed by atoms with E-state index in [1.165, 1.54) is 12.2 Å². The van der Waals surface area contributed by atoms with Crippen molar-refractivity contribution in [3.05, 3.63) is 69.0 Å². The van der Waals surface area contributed by atoms with Crippen molar-refractivity contribution in [3.8, 4) is 0 Å². The molecule has 27 heavy (non-hydrogen) atoms. The van der Waals surface area contributed by atoms with Gasteiger partial charge in [0.1, 0.15) is 5.69 Å². The molecule has 0 aliphatic carbocycles. The summed E-state index contributed by atoms with van der Waals surface area (Å²) in [6.07, 6.45) is 5.12. The van der Waals surface area contributed by atoms with Crippen LogP contribution in [-0.2, 0) is 4.74 Å². The number of rotatable bonds is 7. The second-order valence-corrected chi connectivity index (χ2v) is 5.51. The number of amides is 1. The molecule has 0 saturated heterocycles. The van der Waals surface area contributed by atoms with Gasteiger partial charge in [0.2, 0.25) is 5.63 Å². The van der Waals surface area contributed by atoms with Gasteiger partial charge in [0.15, 0.2) is 5.78 Å². The molecule has 0 fully saturated rings. The summed E-state index contributed by atoms with van der Waals surface area (Å²) in [6.45, 7) is 4.13. The maximum atomic E-state index is 12.3. The number of aryl methyl sites for hydroxylation is 1. The molecule has 1 N–H and O–H groups in total. The molecule has 8 heteroatoms. The molecule has 2 aromatic rings. The third-order valence-electron chi connectivity index (χ3n) is 3.69. The number of hydrogen-bond donors (Lipinski definition) is 1. The predicted molar refractivity (Wildman–Crippen MR) is 95.1 cm³/mol. The van der Waals surface area contributed by atoms with Crippen molar-refractivity contribution < 1.29 is 54.3 Å². The third kappa shape index (κ3) is 6.36. The van der Waals surface area contributed by atoms with Gasteiger partial charge in [0.25, 0.3) is 5.91 Å². The SMILES string of the molecule is COCCNC(=O)c1cccc(/C=C/C(=O)c2c(C)c(C)[c-]oc2=O)n1.[La]. The number of nitrogens with zero attached hydrogens (tertiary/aromatic N) is 1.